The molecule has 1 N–H and O–H groups in total. The van der Waals surface area contributed by atoms with Gasteiger partial charge in [-0.2, -0.15) is 0 Å². The fourth-order valence-corrected chi connectivity index (χ4v) is 5.61. The van der Waals surface area contributed by atoms with Crippen LogP contribution in [0, 0.1) is 17.6 Å². The van der Waals surface area contributed by atoms with Crippen molar-refractivity contribution in [2.45, 2.75) is 50.1 Å². The molecular formula is C24H24F6N2O3S. The van der Waals surface area contributed by atoms with Gasteiger partial charge in [-0.05, 0) is 36.6 Å². The summed E-state index contributed by atoms with van der Waals surface area (Å²) in [6.45, 7) is 0.0482. The molecule has 1 aliphatic carbocycles. The molecule has 4 rings (SSSR count). The number of hydrogen-bond acceptors (Lipinski definition) is 3. The quantitative estimate of drug-likeness (QED) is 0.537. The van der Waals surface area contributed by atoms with E-state index in [1.165, 1.54) is 43.3 Å². The van der Waals surface area contributed by atoms with Gasteiger partial charge < -0.3 is 4.90 Å². The number of nitrogens with zero attached hydrogens (tertiary/aromatic N) is 1. The predicted octanol–water partition coefficient (Wildman–Crippen LogP) is 4.37. The standard InChI is InChI=1S/C24H24F6N2O3S/c1-2-36(34,35)31-21-19(32(13-24(21,29)30)22(33)16-11-23(27,28)12-16)10-15-6-4-8-18(20(15)26)14-5-3-7-17(25)9-14/h3-9,16,19,21,31H,2,10-13H2,1H3/t19-,21+/m0/s1. The minimum Gasteiger partial charge on any atom is -0.331 e. The summed E-state index contributed by atoms with van der Waals surface area (Å²) in [7, 11) is -4.17. The van der Waals surface area contributed by atoms with Crippen LogP contribution >= 0.6 is 0 Å². The van der Waals surface area contributed by atoms with E-state index >= 15 is 13.2 Å². The topological polar surface area (TPSA) is 66.5 Å². The van der Waals surface area contributed by atoms with Crippen LogP contribution in [0.2, 0.25) is 0 Å². The fourth-order valence-electron chi connectivity index (χ4n) is 4.73. The molecule has 0 aromatic heterocycles. The lowest BCUT2D eigenvalue weighted by Gasteiger charge is -2.38. The smallest absolute Gasteiger partial charge is 0.283 e. The number of carbonyl (C=O) groups is 1. The average Bonchev–Trinajstić information content (AvgIpc) is 3.02. The maximum Gasteiger partial charge on any atom is 0.283 e. The Bertz CT molecular complexity index is 1260. The molecule has 196 valence electrons. The van der Waals surface area contributed by atoms with Crippen molar-refractivity contribution in [3.05, 3.63) is 59.7 Å². The lowest BCUT2D eigenvalue weighted by Crippen LogP contribution is -2.54. The van der Waals surface area contributed by atoms with Crippen molar-refractivity contribution in [2.75, 3.05) is 12.3 Å². The minimum atomic E-state index is -4.17. The molecule has 1 amide bonds. The first-order chi connectivity index (χ1) is 16.7. The average molecular weight is 535 g/mol. The van der Waals surface area contributed by atoms with Crippen molar-refractivity contribution < 1.29 is 39.6 Å². The summed E-state index contributed by atoms with van der Waals surface area (Å²) < 4.78 is 112. The zero-order valence-corrected chi connectivity index (χ0v) is 20.0. The largest absolute Gasteiger partial charge is 0.331 e. The van der Waals surface area contributed by atoms with Crippen LogP contribution in [0.3, 0.4) is 0 Å². The van der Waals surface area contributed by atoms with Crippen LogP contribution in [0.1, 0.15) is 25.3 Å². The van der Waals surface area contributed by atoms with Gasteiger partial charge in [-0.15, -0.1) is 0 Å². The number of nitrogens with one attached hydrogen (secondary N) is 1. The third-order valence-corrected chi connectivity index (χ3v) is 8.05. The summed E-state index contributed by atoms with van der Waals surface area (Å²) in [6, 6.07) is 5.55. The fraction of sp³-hybridized carbons (Fsp3) is 0.458. The Labute approximate surface area is 204 Å². The third kappa shape index (κ3) is 5.24. The molecule has 2 aromatic carbocycles. The normalized spacial score (nSPS) is 23.5. The lowest BCUT2D eigenvalue weighted by atomic mass is 9.80. The monoisotopic (exact) mass is 534 g/mol. The van der Waals surface area contributed by atoms with Gasteiger partial charge >= 0.3 is 0 Å². The molecule has 2 fully saturated rings. The van der Waals surface area contributed by atoms with E-state index in [1.807, 2.05) is 4.72 Å². The highest BCUT2D eigenvalue weighted by atomic mass is 32.2. The van der Waals surface area contributed by atoms with Gasteiger partial charge in [-0.25, -0.2) is 39.5 Å². The Morgan fingerprint density at radius 2 is 1.75 bits per heavy atom. The van der Waals surface area contributed by atoms with Crippen molar-refractivity contribution in [2.24, 2.45) is 5.92 Å². The molecule has 2 atom stereocenters. The number of sulfonamides is 1. The highest BCUT2D eigenvalue weighted by Crippen LogP contribution is 2.45. The Morgan fingerprint density at radius 3 is 2.36 bits per heavy atom. The van der Waals surface area contributed by atoms with Gasteiger partial charge in [0.15, 0.2) is 0 Å². The first kappa shape index (κ1) is 26.5. The molecule has 0 spiro atoms. The zero-order chi connectivity index (χ0) is 26.5. The number of benzene rings is 2. The molecule has 0 radical (unpaired) electrons. The van der Waals surface area contributed by atoms with Crippen molar-refractivity contribution in [1.29, 1.82) is 0 Å². The summed E-state index contributed by atoms with van der Waals surface area (Å²) in [5.74, 6) is -10.9. The summed E-state index contributed by atoms with van der Waals surface area (Å²) in [5, 5.41) is 0. The van der Waals surface area contributed by atoms with Gasteiger partial charge in [-0.1, -0.05) is 30.3 Å². The maximum absolute atomic E-state index is 15.5. The molecule has 5 nitrogen and oxygen atoms in total. The first-order valence-corrected chi connectivity index (χ1v) is 13.0. The van der Waals surface area contributed by atoms with Crippen LogP contribution in [-0.4, -0.2) is 55.5 Å². The van der Waals surface area contributed by atoms with Crippen LogP contribution < -0.4 is 4.72 Å². The molecule has 36 heavy (non-hydrogen) atoms. The van der Waals surface area contributed by atoms with Gasteiger partial charge in [0.2, 0.25) is 21.9 Å². The Hall–Kier alpha value is -2.60. The molecule has 0 bridgehead atoms. The number of rotatable bonds is 7. The zero-order valence-electron chi connectivity index (χ0n) is 19.2. The maximum atomic E-state index is 15.5. The minimum absolute atomic E-state index is 0.0149. The number of carbonyl (C=O) groups excluding carboxylic acids is 1. The van der Waals surface area contributed by atoms with Crippen LogP contribution in [0.4, 0.5) is 26.3 Å². The number of amides is 1. The van der Waals surface area contributed by atoms with E-state index in [4.69, 9.17) is 0 Å². The second kappa shape index (κ2) is 9.37. The molecule has 12 heteroatoms. The SMILES string of the molecule is CCS(=O)(=O)N[C@@H]1[C@H](Cc2cccc(-c3cccc(F)c3)c2F)N(C(=O)C2CC(F)(F)C2)CC1(F)F. The predicted molar refractivity (Wildman–Crippen MR) is 120 cm³/mol. The van der Waals surface area contributed by atoms with E-state index < -0.39 is 89.0 Å². The van der Waals surface area contributed by atoms with Crippen LogP contribution in [-0.2, 0) is 21.2 Å². The number of halogens is 6. The Kier molecular flexibility index (Phi) is 6.89. The van der Waals surface area contributed by atoms with E-state index in [1.54, 1.807) is 0 Å². The van der Waals surface area contributed by atoms with Gasteiger partial charge in [0.1, 0.15) is 17.7 Å². The molecule has 0 unspecified atom stereocenters. The van der Waals surface area contributed by atoms with Crippen molar-refractivity contribution in [3.63, 3.8) is 0 Å². The van der Waals surface area contributed by atoms with Gasteiger partial charge in [-0.3, -0.25) is 4.79 Å². The van der Waals surface area contributed by atoms with Crippen LogP contribution in [0.25, 0.3) is 11.1 Å². The first-order valence-electron chi connectivity index (χ1n) is 11.3. The van der Waals surface area contributed by atoms with E-state index in [0.717, 1.165) is 6.07 Å². The second-order valence-corrected chi connectivity index (χ2v) is 11.3. The van der Waals surface area contributed by atoms with E-state index in [-0.39, 0.29) is 16.7 Å². The number of hydrogen-bond donors (Lipinski definition) is 1. The molecule has 2 aliphatic rings. The highest BCUT2D eigenvalue weighted by molar-refractivity contribution is 7.89. The van der Waals surface area contributed by atoms with E-state index in [9.17, 15) is 26.4 Å². The number of alkyl halides is 4. The number of likely N-dealkylation sites (tertiary alicyclic amines) is 1. The van der Waals surface area contributed by atoms with Crippen LogP contribution in [0.15, 0.2) is 42.5 Å². The summed E-state index contributed by atoms with van der Waals surface area (Å²) in [5.41, 5.74) is 0.0647. The molecule has 1 heterocycles. The molecule has 1 saturated heterocycles. The summed E-state index contributed by atoms with van der Waals surface area (Å²) in [6.07, 6.45) is -2.11. The molecular weight excluding hydrogens is 510 g/mol. The molecule has 1 saturated carbocycles. The highest BCUT2D eigenvalue weighted by Gasteiger charge is 2.59. The molecule has 1 aliphatic heterocycles. The van der Waals surface area contributed by atoms with Gasteiger partial charge in [0.05, 0.1) is 18.3 Å². The second-order valence-electron chi connectivity index (χ2n) is 9.25. The summed E-state index contributed by atoms with van der Waals surface area (Å²) in [4.78, 5) is 13.6. The van der Waals surface area contributed by atoms with Gasteiger partial charge in [0, 0.05) is 24.3 Å². The Balaban J connectivity index is 1.71. The van der Waals surface area contributed by atoms with Crippen molar-refractivity contribution in [3.8, 4) is 11.1 Å². The third-order valence-electron chi connectivity index (χ3n) is 6.67. The lowest BCUT2D eigenvalue weighted by molar-refractivity contribution is -0.161. The summed E-state index contributed by atoms with van der Waals surface area (Å²) >= 11 is 0. The Morgan fingerprint density at radius 1 is 1.08 bits per heavy atom. The van der Waals surface area contributed by atoms with E-state index in [2.05, 4.69) is 0 Å². The molecule has 2 aromatic rings. The van der Waals surface area contributed by atoms with Gasteiger partial charge in [0.25, 0.3) is 5.92 Å². The van der Waals surface area contributed by atoms with E-state index in [0.29, 0.717) is 4.90 Å². The van der Waals surface area contributed by atoms with Crippen LogP contribution in [0.5, 0.6) is 0 Å². The van der Waals surface area contributed by atoms with Crippen molar-refractivity contribution in [1.82, 2.24) is 9.62 Å². The van der Waals surface area contributed by atoms with Crippen molar-refractivity contribution >= 4 is 15.9 Å².